The van der Waals surface area contributed by atoms with Crippen molar-refractivity contribution < 1.29 is 23.5 Å². The molecule has 2 aliphatic carbocycles. The number of nitrogens with zero attached hydrogens (tertiary/aromatic N) is 1. The molecule has 2 saturated carbocycles. The number of nitro benzene ring substituents is 1. The number of hydrogen-bond donors (Lipinski definition) is 1. The molecule has 1 unspecified atom stereocenters. The Labute approximate surface area is 213 Å². The van der Waals surface area contributed by atoms with Crippen molar-refractivity contribution in [1.82, 2.24) is 5.09 Å². The lowest BCUT2D eigenvalue weighted by Gasteiger charge is -2.44. The summed E-state index contributed by atoms with van der Waals surface area (Å²) in [5.41, 5.74) is 1.54. The molecule has 2 fully saturated rings. The fraction of sp³-hybridized carbons (Fsp3) is 0.519. The molecule has 2 aliphatic rings. The van der Waals surface area contributed by atoms with Crippen LogP contribution in [0, 0.1) is 15.5 Å². The zero-order valence-corrected chi connectivity index (χ0v) is 22.3. The summed E-state index contributed by atoms with van der Waals surface area (Å²) in [6.45, 7) is 8.14. The van der Waals surface area contributed by atoms with Crippen LogP contribution in [0.4, 0.5) is 5.69 Å². The van der Waals surface area contributed by atoms with E-state index >= 15 is 0 Å². The summed E-state index contributed by atoms with van der Waals surface area (Å²) < 4.78 is 17.8. The molecule has 36 heavy (non-hydrogen) atoms. The molecule has 0 radical (unpaired) electrons. The van der Waals surface area contributed by atoms with Gasteiger partial charge in [-0.15, -0.1) is 0 Å². The van der Waals surface area contributed by atoms with Crippen LogP contribution in [0.2, 0.25) is 0 Å². The van der Waals surface area contributed by atoms with E-state index in [2.05, 4.69) is 25.9 Å². The van der Waals surface area contributed by atoms with Gasteiger partial charge in [-0.25, -0.2) is 5.09 Å². The standard InChI is InChI=1S/C27H35N2O6P/c1-19(25(30)33-24-17-27(18-24)15-5-6-16-27)28-36(35-23-13-9-21(10-14-23)29(31)32)34-22-11-7-20(8-12-22)26(2,3)4/h7-14,19,24,28H,5-6,15-18H2,1-4H3/t19-,36?/m0/s1. The Morgan fingerprint density at radius 2 is 1.56 bits per heavy atom. The van der Waals surface area contributed by atoms with Crippen LogP contribution in [-0.4, -0.2) is 23.0 Å². The molecule has 0 saturated heterocycles. The summed E-state index contributed by atoms with van der Waals surface area (Å²) in [6, 6.07) is 12.9. The van der Waals surface area contributed by atoms with Crippen molar-refractivity contribution in [1.29, 1.82) is 0 Å². The number of esters is 1. The van der Waals surface area contributed by atoms with E-state index in [-0.39, 0.29) is 23.2 Å². The van der Waals surface area contributed by atoms with Gasteiger partial charge in [-0.05, 0) is 73.3 Å². The van der Waals surface area contributed by atoms with E-state index in [0.717, 1.165) is 12.8 Å². The first-order chi connectivity index (χ1) is 17.0. The van der Waals surface area contributed by atoms with E-state index in [4.69, 9.17) is 13.8 Å². The quantitative estimate of drug-likeness (QED) is 0.170. The molecule has 0 bridgehead atoms. The van der Waals surface area contributed by atoms with Crippen molar-refractivity contribution in [3.63, 3.8) is 0 Å². The maximum absolute atomic E-state index is 12.8. The van der Waals surface area contributed by atoms with Gasteiger partial charge in [0.2, 0.25) is 0 Å². The Bertz CT molecular complexity index is 1050. The zero-order valence-electron chi connectivity index (χ0n) is 21.4. The topological polar surface area (TPSA) is 99.9 Å². The predicted molar refractivity (Wildman–Crippen MR) is 139 cm³/mol. The van der Waals surface area contributed by atoms with Gasteiger partial charge in [-0.2, -0.15) is 0 Å². The van der Waals surface area contributed by atoms with Gasteiger partial charge in [-0.3, -0.25) is 14.9 Å². The summed E-state index contributed by atoms with van der Waals surface area (Å²) in [7, 11) is -1.79. The highest BCUT2D eigenvalue weighted by molar-refractivity contribution is 7.45. The van der Waals surface area contributed by atoms with E-state index in [1.54, 1.807) is 6.92 Å². The molecule has 194 valence electrons. The fourth-order valence-electron chi connectivity index (χ4n) is 4.91. The number of hydrogen-bond acceptors (Lipinski definition) is 7. The second-order valence-corrected chi connectivity index (χ2v) is 12.1. The maximum atomic E-state index is 12.8. The second-order valence-electron chi connectivity index (χ2n) is 11.0. The summed E-state index contributed by atoms with van der Waals surface area (Å²) in [4.78, 5) is 23.3. The van der Waals surface area contributed by atoms with Crippen LogP contribution < -0.4 is 14.1 Å². The van der Waals surface area contributed by atoms with E-state index in [1.165, 1.54) is 55.5 Å². The summed E-state index contributed by atoms with van der Waals surface area (Å²) in [5, 5.41) is 14.1. The highest BCUT2D eigenvalue weighted by atomic mass is 31.2. The number of rotatable bonds is 9. The van der Waals surface area contributed by atoms with Crippen LogP contribution in [0.1, 0.15) is 71.8 Å². The van der Waals surface area contributed by atoms with Crippen LogP contribution in [0.15, 0.2) is 48.5 Å². The molecule has 0 amide bonds. The van der Waals surface area contributed by atoms with Gasteiger partial charge in [0.15, 0.2) is 0 Å². The van der Waals surface area contributed by atoms with Crippen molar-refractivity contribution in [2.24, 2.45) is 5.41 Å². The van der Waals surface area contributed by atoms with Gasteiger partial charge in [0.05, 0.1) is 4.92 Å². The molecule has 0 aliphatic heterocycles. The molecule has 4 rings (SSSR count). The van der Waals surface area contributed by atoms with Gasteiger partial charge in [0.1, 0.15) is 23.6 Å². The third kappa shape index (κ3) is 6.54. The molecule has 2 atom stereocenters. The average molecular weight is 515 g/mol. The van der Waals surface area contributed by atoms with Crippen molar-refractivity contribution in [2.45, 2.75) is 83.8 Å². The Hall–Kier alpha value is -2.70. The first-order valence-electron chi connectivity index (χ1n) is 12.5. The lowest BCUT2D eigenvalue weighted by atomic mass is 9.65. The Morgan fingerprint density at radius 1 is 1.03 bits per heavy atom. The van der Waals surface area contributed by atoms with Gasteiger partial charge in [0, 0.05) is 12.1 Å². The number of carbonyl (C=O) groups is 1. The highest BCUT2D eigenvalue weighted by Gasteiger charge is 2.47. The smallest absolute Gasteiger partial charge is 0.382 e. The summed E-state index contributed by atoms with van der Waals surface area (Å²) in [5.74, 6) is 0.652. The summed E-state index contributed by atoms with van der Waals surface area (Å²) in [6.07, 6.45) is 6.92. The molecule has 0 aromatic heterocycles. The molecule has 0 heterocycles. The first kappa shape index (κ1) is 26.4. The van der Waals surface area contributed by atoms with E-state index in [1.807, 2.05) is 24.3 Å². The van der Waals surface area contributed by atoms with E-state index < -0.39 is 19.5 Å². The lowest BCUT2D eigenvalue weighted by Crippen LogP contribution is -2.44. The van der Waals surface area contributed by atoms with E-state index in [0.29, 0.717) is 16.9 Å². The minimum atomic E-state index is -1.79. The van der Waals surface area contributed by atoms with Gasteiger partial charge in [0.25, 0.3) is 5.69 Å². The minimum absolute atomic E-state index is 0.00758. The monoisotopic (exact) mass is 514 g/mol. The largest absolute Gasteiger partial charge is 0.461 e. The van der Waals surface area contributed by atoms with Crippen LogP contribution >= 0.6 is 8.53 Å². The molecule has 9 heteroatoms. The number of non-ortho nitro benzene ring substituents is 1. The number of nitrogens with one attached hydrogen (secondary N) is 1. The minimum Gasteiger partial charge on any atom is -0.461 e. The fourth-order valence-corrected chi connectivity index (χ4v) is 6.10. The van der Waals surface area contributed by atoms with Gasteiger partial charge < -0.3 is 13.8 Å². The third-order valence-corrected chi connectivity index (χ3v) is 8.42. The molecular formula is C27H35N2O6P. The van der Waals surface area contributed by atoms with Crippen LogP contribution in [0.5, 0.6) is 11.5 Å². The van der Waals surface area contributed by atoms with Crippen LogP contribution in [0.25, 0.3) is 0 Å². The number of ether oxygens (including phenoxy) is 1. The zero-order chi connectivity index (χ0) is 25.9. The Morgan fingerprint density at radius 3 is 2.06 bits per heavy atom. The second kappa shape index (κ2) is 10.7. The third-order valence-electron chi connectivity index (χ3n) is 7.07. The lowest BCUT2D eigenvalue weighted by molar-refractivity contribution is -0.384. The first-order valence-corrected chi connectivity index (χ1v) is 13.7. The molecule has 1 spiro atoms. The van der Waals surface area contributed by atoms with Crippen molar-refractivity contribution >= 4 is 20.2 Å². The molecular weight excluding hydrogens is 479 g/mol. The number of nitro groups is 1. The normalized spacial score (nSPS) is 18.8. The molecule has 2 aromatic rings. The number of carbonyl (C=O) groups excluding carboxylic acids is 1. The average Bonchev–Trinajstić information content (AvgIpc) is 3.29. The number of benzene rings is 2. The van der Waals surface area contributed by atoms with Crippen LogP contribution in [-0.2, 0) is 14.9 Å². The molecule has 1 N–H and O–H groups in total. The summed E-state index contributed by atoms with van der Waals surface area (Å²) >= 11 is 0. The SMILES string of the molecule is C[C@H](NP(Oc1ccc([N+](=O)[O-])cc1)Oc1ccc(C(C)(C)C)cc1)C(=O)OC1CC2(CCCC2)C1. The predicted octanol–water partition coefficient (Wildman–Crippen LogP) is 6.82. The molecule has 2 aromatic carbocycles. The van der Waals surface area contributed by atoms with Crippen molar-refractivity contribution in [3.05, 3.63) is 64.2 Å². The molecule has 8 nitrogen and oxygen atoms in total. The van der Waals surface area contributed by atoms with Gasteiger partial charge >= 0.3 is 14.5 Å². The van der Waals surface area contributed by atoms with Crippen molar-refractivity contribution in [3.8, 4) is 11.5 Å². The van der Waals surface area contributed by atoms with E-state index in [9.17, 15) is 14.9 Å². The maximum Gasteiger partial charge on any atom is 0.382 e. The Balaban J connectivity index is 1.40. The van der Waals surface area contributed by atoms with Gasteiger partial charge in [-0.1, -0.05) is 45.7 Å². The van der Waals surface area contributed by atoms with Crippen LogP contribution in [0.3, 0.4) is 0 Å². The van der Waals surface area contributed by atoms with Crippen molar-refractivity contribution in [2.75, 3.05) is 0 Å². The Kier molecular flexibility index (Phi) is 7.86. The highest BCUT2D eigenvalue weighted by Crippen LogP contribution is 2.54.